The topological polar surface area (TPSA) is 50.9 Å². The summed E-state index contributed by atoms with van der Waals surface area (Å²) in [6.07, 6.45) is 1.85. The maximum atomic E-state index is 11.1. The molecule has 0 aliphatic rings. The Bertz CT molecular complexity index is 2040. The monoisotopic (exact) mass is 801 g/mol. The van der Waals surface area contributed by atoms with Crippen LogP contribution < -0.4 is 0 Å². The summed E-state index contributed by atoms with van der Waals surface area (Å²) in [5.41, 5.74) is 10.7. The van der Waals surface area contributed by atoms with Crippen LogP contribution in [0.5, 0.6) is 5.75 Å². The van der Waals surface area contributed by atoms with Gasteiger partial charge in [-0.1, -0.05) is 122 Å². The fourth-order valence-corrected chi connectivity index (χ4v) is 6.14. The van der Waals surface area contributed by atoms with Crippen LogP contribution in [-0.2, 0) is 37.3 Å². The van der Waals surface area contributed by atoms with Crippen molar-refractivity contribution in [3.8, 4) is 45.2 Å². The second-order valence-electron chi connectivity index (χ2n) is 15.3. The van der Waals surface area contributed by atoms with Crippen LogP contribution in [0.4, 0.5) is 0 Å². The van der Waals surface area contributed by atoms with E-state index >= 15 is 0 Å². The van der Waals surface area contributed by atoms with E-state index in [1.165, 1.54) is 16.7 Å². The minimum atomic E-state index is -0.179. The molecule has 0 fully saturated rings. The summed E-state index contributed by atoms with van der Waals surface area (Å²) in [5, 5.41) is 11.1. The summed E-state index contributed by atoms with van der Waals surface area (Å²) in [6.45, 7) is 20.3. The normalized spacial score (nSPS) is 12.3. The first-order valence-electron chi connectivity index (χ1n) is 16.1. The number of benzene rings is 4. The molecule has 0 unspecified atom stereocenters. The number of phenols is 1. The van der Waals surface area contributed by atoms with Crippen molar-refractivity contribution in [1.29, 1.82) is 0 Å². The van der Waals surface area contributed by atoms with Crippen LogP contribution in [0.15, 0.2) is 97.2 Å². The van der Waals surface area contributed by atoms with Gasteiger partial charge < -0.3 is 5.11 Å². The molecule has 0 bridgehead atoms. The van der Waals surface area contributed by atoms with Gasteiger partial charge in [0.2, 0.25) is 0 Å². The van der Waals surface area contributed by atoms with E-state index < -0.39 is 0 Å². The van der Waals surface area contributed by atoms with E-state index in [9.17, 15) is 5.11 Å². The molecular weight excluding hydrogens is 758 g/mol. The molecule has 0 atom stereocenters. The van der Waals surface area contributed by atoms with Crippen molar-refractivity contribution in [2.24, 2.45) is 0 Å². The summed E-state index contributed by atoms with van der Waals surface area (Å²) in [6, 6.07) is 34.7. The fourth-order valence-electron chi connectivity index (χ4n) is 6.14. The van der Waals surface area contributed by atoms with Gasteiger partial charge in [0.15, 0.2) is 0 Å². The molecular formula is C42H44N3OPt-. The van der Waals surface area contributed by atoms with E-state index in [1.54, 1.807) is 6.07 Å². The number of rotatable bonds is 4. The van der Waals surface area contributed by atoms with Gasteiger partial charge in [0, 0.05) is 38.6 Å². The van der Waals surface area contributed by atoms with Crippen LogP contribution in [0.3, 0.4) is 0 Å². The molecule has 1 N–H and O–H groups in total. The van der Waals surface area contributed by atoms with Crippen LogP contribution >= 0.6 is 0 Å². The summed E-state index contributed by atoms with van der Waals surface area (Å²) in [5.74, 6) is 0.890. The zero-order valence-corrected chi connectivity index (χ0v) is 31.1. The van der Waals surface area contributed by atoms with Gasteiger partial charge in [-0.05, 0) is 58.2 Å². The Kier molecular flexibility index (Phi) is 9.16. The number of phenolic OH excluding ortho intramolecular Hbond substituents is 1. The Morgan fingerprint density at radius 1 is 0.638 bits per heavy atom. The number of nitrogens with zero attached hydrogens (tertiary/aromatic N) is 3. The molecule has 2 aromatic heterocycles. The Morgan fingerprint density at radius 2 is 1.26 bits per heavy atom. The van der Waals surface area contributed by atoms with E-state index in [0.717, 1.165) is 39.1 Å². The molecule has 0 radical (unpaired) electrons. The zero-order chi connectivity index (χ0) is 33.0. The van der Waals surface area contributed by atoms with Crippen LogP contribution in [0.2, 0.25) is 0 Å². The van der Waals surface area contributed by atoms with Crippen molar-refractivity contribution >= 4 is 11.0 Å². The standard InChI is InChI=1S/C42H44N3O.Pt/c1-40(2,3)27-23-31(30-25-32(35-20-15-16-22-43-35)34(42(7,8)9)26-33(30)41(4,5)6)38-36(24-27)45(28-17-11-10-12-18-28)39(44-38)29-19-13-14-21-37(29)46;/h10-24,26,46H,1-9H3;/q-1;. The molecule has 0 saturated carbocycles. The summed E-state index contributed by atoms with van der Waals surface area (Å²) < 4.78 is 2.18. The Labute approximate surface area is 294 Å². The van der Waals surface area contributed by atoms with Gasteiger partial charge in [-0.25, -0.2) is 4.98 Å². The van der Waals surface area contributed by atoms with Gasteiger partial charge in [-0.2, -0.15) is 0 Å². The maximum absolute atomic E-state index is 11.1. The first-order valence-corrected chi connectivity index (χ1v) is 16.1. The van der Waals surface area contributed by atoms with E-state index in [-0.39, 0.29) is 43.1 Å². The number of para-hydroxylation sites is 2. The number of aromatic hydroxyl groups is 1. The minimum absolute atomic E-state index is 0. The zero-order valence-electron chi connectivity index (χ0n) is 28.8. The number of hydrogen-bond donors (Lipinski definition) is 1. The molecule has 4 nitrogen and oxygen atoms in total. The molecule has 47 heavy (non-hydrogen) atoms. The van der Waals surface area contributed by atoms with Crippen molar-refractivity contribution < 1.29 is 26.2 Å². The largest absolute Gasteiger partial charge is 0.507 e. The SMILES string of the molecule is CC(C)(C)c1cc(-c2[c-]c(-c3ccccn3)c(C(C)(C)C)cc2C(C)(C)C)c2nc(-c3ccccc3O)n(-c3ccccc3)c2c1.[Pt]. The molecule has 244 valence electrons. The first-order chi connectivity index (χ1) is 21.6. The smallest absolute Gasteiger partial charge is 0.148 e. The minimum Gasteiger partial charge on any atom is -0.507 e. The van der Waals surface area contributed by atoms with Gasteiger partial charge in [-0.15, -0.1) is 28.8 Å². The predicted octanol–water partition coefficient (Wildman–Crippen LogP) is 10.8. The summed E-state index contributed by atoms with van der Waals surface area (Å²) in [4.78, 5) is 10.2. The van der Waals surface area contributed by atoms with E-state index in [1.807, 2.05) is 54.7 Å². The maximum Gasteiger partial charge on any atom is 0.148 e. The molecule has 0 amide bonds. The molecule has 5 heteroatoms. The number of pyridine rings is 1. The van der Waals surface area contributed by atoms with Gasteiger partial charge in [0.05, 0.1) is 16.6 Å². The van der Waals surface area contributed by atoms with E-state index in [4.69, 9.17) is 9.97 Å². The average molecular weight is 802 g/mol. The van der Waals surface area contributed by atoms with Gasteiger partial charge >= 0.3 is 0 Å². The van der Waals surface area contributed by atoms with Gasteiger partial charge in [0.1, 0.15) is 11.6 Å². The Hall–Kier alpha value is -4.01. The van der Waals surface area contributed by atoms with Gasteiger partial charge in [-0.3, -0.25) is 9.55 Å². The average Bonchev–Trinajstić information content (AvgIpc) is 3.39. The van der Waals surface area contributed by atoms with Crippen molar-refractivity contribution in [1.82, 2.24) is 14.5 Å². The molecule has 6 aromatic rings. The summed E-state index contributed by atoms with van der Waals surface area (Å²) >= 11 is 0. The van der Waals surface area contributed by atoms with E-state index in [2.05, 4.69) is 109 Å². The third-order valence-electron chi connectivity index (χ3n) is 8.67. The number of fused-ring (bicyclic) bond motifs is 1. The molecule has 0 aliphatic heterocycles. The quantitative estimate of drug-likeness (QED) is 0.181. The number of imidazole rings is 1. The van der Waals surface area contributed by atoms with Crippen LogP contribution in [0, 0.1) is 6.07 Å². The Morgan fingerprint density at radius 3 is 1.85 bits per heavy atom. The molecule has 6 rings (SSSR count). The van der Waals surface area contributed by atoms with Crippen molar-refractivity contribution in [3.05, 3.63) is 120 Å². The van der Waals surface area contributed by atoms with Gasteiger partial charge in [0.25, 0.3) is 0 Å². The van der Waals surface area contributed by atoms with Crippen molar-refractivity contribution in [2.75, 3.05) is 0 Å². The van der Waals surface area contributed by atoms with Crippen molar-refractivity contribution in [2.45, 2.75) is 78.6 Å². The van der Waals surface area contributed by atoms with Crippen LogP contribution in [0.1, 0.15) is 79.0 Å². The number of hydrogen-bond acceptors (Lipinski definition) is 3. The predicted molar refractivity (Wildman–Crippen MR) is 192 cm³/mol. The fraction of sp³-hybridized carbons (Fsp3) is 0.286. The second-order valence-corrected chi connectivity index (χ2v) is 15.3. The number of aromatic nitrogens is 3. The van der Waals surface area contributed by atoms with Crippen LogP contribution in [0.25, 0.3) is 50.5 Å². The molecule has 2 heterocycles. The Balaban J connectivity index is 0.00000433. The second kappa shape index (κ2) is 12.5. The molecule has 0 saturated heterocycles. The third-order valence-corrected chi connectivity index (χ3v) is 8.67. The van der Waals surface area contributed by atoms with E-state index in [0.29, 0.717) is 11.4 Å². The molecule has 4 aromatic carbocycles. The van der Waals surface area contributed by atoms with Crippen LogP contribution in [-0.4, -0.2) is 19.6 Å². The first kappa shape index (κ1) is 34.3. The van der Waals surface area contributed by atoms with Crippen molar-refractivity contribution in [3.63, 3.8) is 0 Å². The molecule has 0 aliphatic carbocycles. The molecule has 0 spiro atoms. The summed E-state index contributed by atoms with van der Waals surface area (Å²) in [7, 11) is 0. The third kappa shape index (κ3) is 6.58.